The Morgan fingerprint density at radius 1 is 1.43 bits per heavy atom. The van der Waals surface area contributed by atoms with Gasteiger partial charge in [0.05, 0.1) is 24.3 Å². The van der Waals surface area contributed by atoms with E-state index < -0.39 is 9.84 Å². The molecule has 5 nitrogen and oxygen atoms in total. The molecule has 1 aromatic rings. The van der Waals surface area contributed by atoms with Gasteiger partial charge in [-0.2, -0.15) is 0 Å². The summed E-state index contributed by atoms with van der Waals surface area (Å²) in [5.74, 6) is 1.40. The molecule has 0 amide bonds. The van der Waals surface area contributed by atoms with Gasteiger partial charge in [-0.1, -0.05) is 6.92 Å². The van der Waals surface area contributed by atoms with E-state index in [2.05, 4.69) is 17.2 Å². The number of sulfone groups is 1. The normalized spacial score (nSPS) is 22.1. The minimum atomic E-state index is -2.89. The summed E-state index contributed by atoms with van der Waals surface area (Å²) in [6.07, 6.45) is 5.22. The molecule has 0 spiro atoms. The van der Waals surface area contributed by atoms with E-state index in [0.29, 0.717) is 18.8 Å². The molecule has 2 atom stereocenters. The Morgan fingerprint density at radius 3 is 2.86 bits per heavy atom. The molecule has 2 rings (SSSR count). The van der Waals surface area contributed by atoms with Gasteiger partial charge < -0.3 is 10.1 Å². The zero-order valence-corrected chi connectivity index (χ0v) is 13.5. The molecule has 21 heavy (non-hydrogen) atoms. The first kappa shape index (κ1) is 16.2. The third-order valence-electron chi connectivity index (χ3n) is 3.76. The molecule has 6 heteroatoms. The fraction of sp³-hybridized carbons (Fsp3) is 0.667. The highest BCUT2D eigenvalue weighted by Gasteiger charge is 2.34. The van der Waals surface area contributed by atoms with E-state index in [1.54, 1.807) is 12.4 Å². The van der Waals surface area contributed by atoms with Gasteiger partial charge in [0.15, 0.2) is 9.84 Å². The summed E-state index contributed by atoms with van der Waals surface area (Å²) in [7, 11) is -2.89. The average molecular weight is 312 g/mol. The minimum absolute atomic E-state index is 0.0233. The van der Waals surface area contributed by atoms with Crippen molar-refractivity contribution in [2.75, 3.05) is 24.7 Å². The van der Waals surface area contributed by atoms with Crippen LogP contribution in [0.2, 0.25) is 0 Å². The first-order valence-electron chi connectivity index (χ1n) is 7.57. The molecule has 0 radical (unpaired) electrons. The Hall–Kier alpha value is -1.14. The third kappa shape index (κ3) is 4.41. The quantitative estimate of drug-likeness (QED) is 0.833. The number of rotatable bonds is 7. The SMILES string of the molecule is CCCNC(c1cncc(OCC)c1)C1CCS(=O)(=O)C1. The first-order chi connectivity index (χ1) is 10.1. The van der Waals surface area contributed by atoms with Gasteiger partial charge >= 0.3 is 0 Å². The van der Waals surface area contributed by atoms with Gasteiger partial charge in [-0.3, -0.25) is 4.98 Å². The maximum atomic E-state index is 11.8. The number of pyridine rings is 1. The van der Waals surface area contributed by atoms with Gasteiger partial charge in [0, 0.05) is 12.2 Å². The molecular formula is C15H24N2O3S. The van der Waals surface area contributed by atoms with Crippen molar-refractivity contribution in [2.45, 2.75) is 32.7 Å². The van der Waals surface area contributed by atoms with E-state index in [4.69, 9.17) is 4.74 Å². The second kappa shape index (κ2) is 7.22. The van der Waals surface area contributed by atoms with Crippen LogP contribution in [0.3, 0.4) is 0 Å². The number of aromatic nitrogens is 1. The molecule has 2 unspecified atom stereocenters. The highest BCUT2D eigenvalue weighted by molar-refractivity contribution is 7.91. The van der Waals surface area contributed by atoms with Crippen molar-refractivity contribution in [3.63, 3.8) is 0 Å². The molecule has 0 aromatic carbocycles. The van der Waals surface area contributed by atoms with Crippen LogP contribution in [-0.4, -0.2) is 38.1 Å². The topological polar surface area (TPSA) is 68.3 Å². The molecule has 0 bridgehead atoms. The first-order valence-corrected chi connectivity index (χ1v) is 9.39. The van der Waals surface area contributed by atoms with Crippen LogP contribution in [0, 0.1) is 5.92 Å². The summed E-state index contributed by atoms with van der Waals surface area (Å²) in [5.41, 5.74) is 1.01. The Morgan fingerprint density at radius 2 is 2.24 bits per heavy atom. The van der Waals surface area contributed by atoms with Gasteiger partial charge in [-0.05, 0) is 43.9 Å². The Kier molecular flexibility index (Phi) is 5.58. The smallest absolute Gasteiger partial charge is 0.150 e. The Balaban J connectivity index is 2.21. The second-order valence-electron chi connectivity index (χ2n) is 5.48. The number of nitrogens with zero attached hydrogens (tertiary/aromatic N) is 1. The number of ether oxygens (including phenoxy) is 1. The van der Waals surface area contributed by atoms with Crippen molar-refractivity contribution < 1.29 is 13.2 Å². The summed E-state index contributed by atoms with van der Waals surface area (Å²) in [4.78, 5) is 4.23. The molecule has 0 aliphatic carbocycles. The maximum Gasteiger partial charge on any atom is 0.150 e. The molecule has 1 aromatic heterocycles. The predicted molar refractivity (Wildman–Crippen MR) is 83.2 cm³/mol. The molecule has 1 fully saturated rings. The van der Waals surface area contributed by atoms with E-state index >= 15 is 0 Å². The molecule has 1 aliphatic heterocycles. The molecular weight excluding hydrogens is 288 g/mol. The monoisotopic (exact) mass is 312 g/mol. The van der Waals surface area contributed by atoms with Crippen molar-refractivity contribution in [1.29, 1.82) is 0 Å². The molecule has 1 aliphatic rings. The summed E-state index contributed by atoms with van der Waals surface area (Å²) in [6, 6.07) is 1.99. The lowest BCUT2D eigenvalue weighted by Crippen LogP contribution is -2.30. The average Bonchev–Trinajstić information content (AvgIpc) is 2.80. The van der Waals surface area contributed by atoms with Crippen molar-refractivity contribution >= 4 is 9.84 Å². The van der Waals surface area contributed by atoms with Crippen molar-refractivity contribution in [1.82, 2.24) is 10.3 Å². The predicted octanol–water partition coefficient (Wildman–Crippen LogP) is 1.96. The third-order valence-corrected chi connectivity index (χ3v) is 5.55. The van der Waals surface area contributed by atoms with Crippen LogP contribution in [0.4, 0.5) is 0 Å². The lowest BCUT2D eigenvalue weighted by Gasteiger charge is -2.24. The van der Waals surface area contributed by atoms with Gasteiger partial charge in [-0.15, -0.1) is 0 Å². The summed E-state index contributed by atoms with van der Waals surface area (Å²) < 4.78 is 29.0. The van der Waals surface area contributed by atoms with E-state index in [1.807, 2.05) is 13.0 Å². The zero-order valence-electron chi connectivity index (χ0n) is 12.7. The second-order valence-corrected chi connectivity index (χ2v) is 7.71. The van der Waals surface area contributed by atoms with Crippen LogP contribution in [0.15, 0.2) is 18.5 Å². The van der Waals surface area contributed by atoms with Crippen LogP contribution < -0.4 is 10.1 Å². The molecule has 2 heterocycles. The maximum absolute atomic E-state index is 11.8. The lowest BCUT2D eigenvalue weighted by atomic mass is 9.93. The standard InChI is InChI=1S/C15H24N2O3S/c1-3-6-17-15(12-5-7-21(18,19)11-12)13-8-14(20-4-2)10-16-9-13/h8-10,12,15,17H,3-7,11H2,1-2H3. The van der Waals surface area contributed by atoms with Crippen LogP contribution in [-0.2, 0) is 9.84 Å². The largest absolute Gasteiger partial charge is 0.492 e. The Bertz CT molecular complexity index is 560. The van der Waals surface area contributed by atoms with Gasteiger partial charge in [-0.25, -0.2) is 8.42 Å². The van der Waals surface area contributed by atoms with E-state index in [1.165, 1.54) is 0 Å². The van der Waals surface area contributed by atoms with E-state index in [0.717, 1.165) is 24.3 Å². The van der Waals surface area contributed by atoms with Crippen LogP contribution in [0.5, 0.6) is 5.75 Å². The number of nitrogens with one attached hydrogen (secondary N) is 1. The molecule has 1 saturated heterocycles. The van der Waals surface area contributed by atoms with Crippen LogP contribution in [0.1, 0.15) is 38.3 Å². The molecule has 118 valence electrons. The summed E-state index contributed by atoms with van der Waals surface area (Å²) >= 11 is 0. The Labute approximate surface area is 127 Å². The lowest BCUT2D eigenvalue weighted by molar-refractivity contribution is 0.335. The summed E-state index contributed by atoms with van der Waals surface area (Å²) in [5, 5.41) is 3.47. The van der Waals surface area contributed by atoms with Crippen molar-refractivity contribution in [2.24, 2.45) is 5.92 Å². The molecule has 1 N–H and O–H groups in total. The highest BCUT2D eigenvalue weighted by Crippen LogP contribution is 2.32. The zero-order chi connectivity index (χ0) is 15.3. The van der Waals surface area contributed by atoms with Crippen LogP contribution >= 0.6 is 0 Å². The van der Waals surface area contributed by atoms with E-state index in [-0.39, 0.29) is 17.7 Å². The van der Waals surface area contributed by atoms with Gasteiger partial charge in [0.1, 0.15) is 5.75 Å². The van der Waals surface area contributed by atoms with E-state index in [9.17, 15) is 8.42 Å². The fourth-order valence-corrected chi connectivity index (χ4v) is 4.63. The van der Waals surface area contributed by atoms with Crippen LogP contribution in [0.25, 0.3) is 0 Å². The highest BCUT2D eigenvalue weighted by atomic mass is 32.2. The number of hydrogen-bond donors (Lipinski definition) is 1. The minimum Gasteiger partial charge on any atom is -0.492 e. The van der Waals surface area contributed by atoms with Gasteiger partial charge in [0.2, 0.25) is 0 Å². The van der Waals surface area contributed by atoms with Crippen molar-refractivity contribution in [3.8, 4) is 5.75 Å². The molecule has 0 saturated carbocycles. The number of hydrogen-bond acceptors (Lipinski definition) is 5. The van der Waals surface area contributed by atoms with Gasteiger partial charge in [0.25, 0.3) is 0 Å². The fourth-order valence-electron chi connectivity index (χ4n) is 2.79. The van der Waals surface area contributed by atoms with Crippen molar-refractivity contribution in [3.05, 3.63) is 24.0 Å². The summed E-state index contributed by atoms with van der Waals surface area (Å²) in [6.45, 7) is 5.49.